The summed E-state index contributed by atoms with van der Waals surface area (Å²) in [7, 11) is 0. The van der Waals surface area contributed by atoms with Crippen LogP contribution in [0.2, 0.25) is 0 Å². The van der Waals surface area contributed by atoms with Crippen molar-refractivity contribution in [1.29, 1.82) is 0 Å². The van der Waals surface area contributed by atoms with Crippen LogP contribution in [-0.2, 0) is 0 Å². The highest BCUT2D eigenvalue weighted by Crippen LogP contribution is 2.22. The zero-order valence-corrected chi connectivity index (χ0v) is 6.92. The second-order valence-electron chi connectivity index (χ2n) is 2.70. The fourth-order valence-electron chi connectivity index (χ4n) is 1.27. The van der Waals surface area contributed by atoms with Crippen molar-refractivity contribution >= 4 is 0 Å². The zero-order valence-electron chi connectivity index (χ0n) is 6.92. The Kier molecular flexibility index (Phi) is 3.17. The van der Waals surface area contributed by atoms with Crippen molar-refractivity contribution in [3.8, 4) is 0 Å². The Balaban J connectivity index is 2.56. The average molecular weight is 153 g/mol. The Labute approximate surface area is 67.4 Å². The minimum Gasteiger partial charge on any atom is -0.469 e. The summed E-state index contributed by atoms with van der Waals surface area (Å²) in [5.41, 5.74) is 5.47. The maximum Gasteiger partial charge on any atom is 0.106 e. The van der Waals surface area contributed by atoms with E-state index in [1.165, 1.54) is 0 Å². The topological polar surface area (TPSA) is 39.2 Å². The molecule has 0 aliphatic heterocycles. The van der Waals surface area contributed by atoms with Gasteiger partial charge in [-0.3, -0.25) is 0 Å². The molecule has 0 aliphatic carbocycles. The molecule has 0 saturated carbocycles. The van der Waals surface area contributed by atoms with Crippen LogP contribution in [0.25, 0.3) is 0 Å². The normalized spacial score (nSPS) is 13.3. The van der Waals surface area contributed by atoms with E-state index >= 15 is 0 Å². The van der Waals surface area contributed by atoms with E-state index < -0.39 is 0 Å². The molecule has 0 radical (unpaired) electrons. The van der Waals surface area contributed by atoms with Crippen molar-refractivity contribution in [2.45, 2.75) is 25.7 Å². The first-order valence-corrected chi connectivity index (χ1v) is 4.12. The van der Waals surface area contributed by atoms with Gasteiger partial charge in [-0.15, -0.1) is 0 Å². The molecule has 1 unspecified atom stereocenters. The molecule has 1 aromatic heterocycles. The van der Waals surface area contributed by atoms with Crippen LogP contribution >= 0.6 is 0 Å². The molecule has 1 atom stereocenters. The molecule has 0 aliphatic rings. The SMILES string of the molecule is CCC(CCN)c1ccco1. The van der Waals surface area contributed by atoms with Crippen molar-refractivity contribution in [2.75, 3.05) is 6.54 Å². The van der Waals surface area contributed by atoms with E-state index in [2.05, 4.69) is 6.92 Å². The molecule has 0 amide bonds. The van der Waals surface area contributed by atoms with E-state index in [9.17, 15) is 0 Å². The van der Waals surface area contributed by atoms with Gasteiger partial charge in [0.2, 0.25) is 0 Å². The van der Waals surface area contributed by atoms with Crippen molar-refractivity contribution < 1.29 is 4.42 Å². The predicted octanol–water partition coefficient (Wildman–Crippen LogP) is 2.12. The number of rotatable bonds is 4. The lowest BCUT2D eigenvalue weighted by molar-refractivity contribution is 0.441. The van der Waals surface area contributed by atoms with Crippen LogP contribution in [0.15, 0.2) is 22.8 Å². The molecule has 11 heavy (non-hydrogen) atoms. The minimum atomic E-state index is 0.509. The standard InChI is InChI=1S/C9H15NO/c1-2-8(5-6-10)9-4-3-7-11-9/h3-4,7-8H,2,5-6,10H2,1H3. The molecule has 0 aromatic carbocycles. The molecule has 0 saturated heterocycles. The highest BCUT2D eigenvalue weighted by Gasteiger charge is 2.09. The Bertz CT molecular complexity index is 181. The van der Waals surface area contributed by atoms with Crippen LogP contribution in [0.3, 0.4) is 0 Å². The van der Waals surface area contributed by atoms with Crippen LogP contribution in [0, 0.1) is 0 Å². The molecule has 0 spiro atoms. The van der Waals surface area contributed by atoms with E-state index in [4.69, 9.17) is 10.2 Å². The van der Waals surface area contributed by atoms with Crippen molar-refractivity contribution in [3.05, 3.63) is 24.2 Å². The maximum atomic E-state index is 5.47. The summed E-state index contributed by atoms with van der Waals surface area (Å²) >= 11 is 0. The summed E-state index contributed by atoms with van der Waals surface area (Å²) in [5, 5.41) is 0. The summed E-state index contributed by atoms with van der Waals surface area (Å²) in [4.78, 5) is 0. The van der Waals surface area contributed by atoms with Crippen molar-refractivity contribution in [2.24, 2.45) is 5.73 Å². The molecule has 0 fully saturated rings. The smallest absolute Gasteiger partial charge is 0.106 e. The van der Waals surface area contributed by atoms with E-state index in [0.29, 0.717) is 5.92 Å². The number of hydrogen-bond donors (Lipinski definition) is 1. The Morgan fingerprint density at radius 3 is 2.91 bits per heavy atom. The highest BCUT2D eigenvalue weighted by atomic mass is 16.3. The van der Waals surface area contributed by atoms with E-state index in [0.717, 1.165) is 25.1 Å². The lowest BCUT2D eigenvalue weighted by Gasteiger charge is -2.09. The van der Waals surface area contributed by atoms with Gasteiger partial charge in [0.25, 0.3) is 0 Å². The van der Waals surface area contributed by atoms with Gasteiger partial charge in [-0.25, -0.2) is 0 Å². The van der Waals surface area contributed by atoms with Gasteiger partial charge in [-0.05, 0) is 31.5 Å². The minimum absolute atomic E-state index is 0.509. The largest absolute Gasteiger partial charge is 0.469 e. The van der Waals surface area contributed by atoms with E-state index in [-0.39, 0.29) is 0 Å². The Hall–Kier alpha value is -0.760. The van der Waals surface area contributed by atoms with Crippen LogP contribution in [0.4, 0.5) is 0 Å². The lowest BCUT2D eigenvalue weighted by Crippen LogP contribution is -2.05. The predicted molar refractivity (Wildman–Crippen MR) is 45.4 cm³/mol. The zero-order chi connectivity index (χ0) is 8.10. The second kappa shape index (κ2) is 4.19. The first-order chi connectivity index (χ1) is 5.38. The molecular formula is C9H15NO. The molecule has 2 heteroatoms. The maximum absolute atomic E-state index is 5.47. The molecule has 1 aromatic rings. The number of hydrogen-bond acceptors (Lipinski definition) is 2. The quantitative estimate of drug-likeness (QED) is 0.719. The monoisotopic (exact) mass is 153 g/mol. The molecular weight excluding hydrogens is 138 g/mol. The third kappa shape index (κ3) is 2.09. The molecule has 1 rings (SSSR count). The van der Waals surface area contributed by atoms with Gasteiger partial charge in [-0.2, -0.15) is 0 Å². The highest BCUT2D eigenvalue weighted by molar-refractivity contribution is 5.04. The van der Waals surface area contributed by atoms with Crippen LogP contribution < -0.4 is 5.73 Å². The molecule has 62 valence electrons. The van der Waals surface area contributed by atoms with Crippen LogP contribution in [-0.4, -0.2) is 6.54 Å². The molecule has 2 nitrogen and oxygen atoms in total. The fourth-order valence-corrected chi connectivity index (χ4v) is 1.27. The summed E-state index contributed by atoms with van der Waals surface area (Å²) in [6, 6.07) is 3.94. The summed E-state index contributed by atoms with van der Waals surface area (Å²) in [6.07, 6.45) is 3.84. The first kappa shape index (κ1) is 8.34. The average Bonchev–Trinajstić information content (AvgIpc) is 2.52. The van der Waals surface area contributed by atoms with E-state index in [1.54, 1.807) is 6.26 Å². The van der Waals surface area contributed by atoms with E-state index in [1.807, 2.05) is 12.1 Å². The first-order valence-electron chi connectivity index (χ1n) is 4.12. The third-order valence-corrected chi connectivity index (χ3v) is 1.95. The van der Waals surface area contributed by atoms with Crippen LogP contribution in [0.1, 0.15) is 31.4 Å². The summed E-state index contributed by atoms with van der Waals surface area (Å²) < 4.78 is 5.28. The Morgan fingerprint density at radius 2 is 2.45 bits per heavy atom. The van der Waals surface area contributed by atoms with Gasteiger partial charge in [0.1, 0.15) is 5.76 Å². The summed E-state index contributed by atoms with van der Waals surface area (Å²) in [6.45, 7) is 2.89. The molecule has 2 N–H and O–H groups in total. The van der Waals surface area contributed by atoms with Crippen molar-refractivity contribution in [3.63, 3.8) is 0 Å². The van der Waals surface area contributed by atoms with Gasteiger partial charge in [-0.1, -0.05) is 6.92 Å². The fraction of sp³-hybridized carbons (Fsp3) is 0.556. The molecule has 0 bridgehead atoms. The summed E-state index contributed by atoms with van der Waals surface area (Å²) in [5.74, 6) is 1.58. The number of furan rings is 1. The third-order valence-electron chi connectivity index (χ3n) is 1.95. The van der Waals surface area contributed by atoms with Gasteiger partial charge >= 0.3 is 0 Å². The van der Waals surface area contributed by atoms with Gasteiger partial charge in [0.15, 0.2) is 0 Å². The lowest BCUT2D eigenvalue weighted by atomic mass is 10.00. The Morgan fingerprint density at radius 1 is 1.64 bits per heavy atom. The molecule has 1 heterocycles. The number of nitrogens with two attached hydrogens (primary N) is 1. The van der Waals surface area contributed by atoms with Crippen LogP contribution in [0.5, 0.6) is 0 Å². The second-order valence-corrected chi connectivity index (χ2v) is 2.70. The van der Waals surface area contributed by atoms with Gasteiger partial charge in [0, 0.05) is 5.92 Å². The van der Waals surface area contributed by atoms with Gasteiger partial charge < -0.3 is 10.2 Å². The van der Waals surface area contributed by atoms with Gasteiger partial charge in [0.05, 0.1) is 6.26 Å². The van der Waals surface area contributed by atoms with Crippen molar-refractivity contribution in [1.82, 2.24) is 0 Å².